The topological polar surface area (TPSA) is 109 Å². The Morgan fingerprint density at radius 1 is 1.43 bits per heavy atom. The van der Waals surface area contributed by atoms with Crippen LogP contribution in [-0.4, -0.2) is 31.9 Å². The summed E-state index contributed by atoms with van der Waals surface area (Å²) >= 11 is 2.01. The fourth-order valence-electron chi connectivity index (χ4n) is 1.60. The van der Waals surface area contributed by atoms with Crippen LogP contribution >= 0.6 is 22.6 Å². The molecule has 2 rings (SSSR count). The first-order valence-corrected chi connectivity index (χ1v) is 6.96. The molecular formula is C12H12IN5O3. The number of amides is 2. The first kappa shape index (κ1) is 15.2. The molecule has 0 atom stereocenters. The highest BCUT2D eigenvalue weighted by Gasteiger charge is 2.13. The van der Waals surface area contributed by atoms with Gasteiger partial charge in [-0.3, -0.25) is 0 Å². The van der Waals surface area contributed by atoms with Crippen molar-refractivity contribution in [3.63, 3.8) is 0 Å². The number of nitrogens with zero attached hydrogens (tertiary/aromatic N) is 3. The highest BCUT2D eigenvalue weighted by molar-refractivity contribution is 14.1. The van der Waals surface area contributed by atoms with Crippen LogP contribution < -0.4 is 10.6 Å². The van der Waals surface area contributed by atoms with Crippen molar-refractivity contribution in [3.05, 3.63) is 39.5 Å². The van der Waals surface area contributed by atoms with E-state index in [1.165, 1.54) is 12.4 Å². The van der Waals surface area contributed by atoms with Gasteiger partial charge in [0.25, 0.3) is 0 Å². The fourth-order valence-corrected chi connectivity index (χ4v) is 2.09. The number of carboxylic acids is 1. The second-order valence-corrected chi connectivity index (χ2v) is 5.41. The Morgan fingerprint density at radius 2 is 2.19 bits per heavy atom. The van der Waals surface area contributed by atoms with Crippen molar-refractivity contribution in [1.82, 2.24) is 20.1 Å². The summed E-state index contributed by atoms with van der Waals surface area (Å²) in [5.74, 6) is -0.511. The van der Waals surface area contributed by atoms with Gasteiger partial charge in [0.1, 0.15) is 6.33 Å². The average Bonchev–Trinajstić information content (AvgIpc) is 2.84. The number of aromatic nitrogens is 3. The molecule has 0 saturated heterocycles. The molecular weight excluding hydrogens is 389 g/mol. The molecule has 3 N–H and O–H groups in total. The van der Waals surface area contributed by atoms with E-state index in [0.717, 1.165) is 3.57 Å². The van der Waals surface area contributed by atoms with Crippen LogP contribution in [-0.2, 0) is 13.6 Å². The van der Waals surface area contributed by atoms with Gasteiger partial charge in [-0.1, -0.05) is 0 Å². The van der Waals surface area contributed by atoms with E-state index in [-0.39, 0.29) is 17.8 Å². The Labute approximate surface area is 133 Å². The number of benzene rings is 1. The minimum atomic E-state index is -1.10. The quantitative estimate of drug-likeness (QED) is 0.672. The normalized spacial score (nSPS) is 10.2. The van der Waals surface area contributed by atoms with Crippen LogP contribution in [0.4, 0.5) is 10.5 Å². The van der Waals surface area contributed by atoms with E-state index < -0.39 is 12.0 Å². The second-order valence-electron chi connectivity index (χ2n) is 4.16. The fraction of sp³-hybridized carbons (Fsp3) is 0.167. The standard InChI is InChI=1S/C12H12IN5O3/c1-18-6-15-17-10(18)5-14-12(21)16-9-3-2-7(13)4-8(9)11(19)20/h2-4,6H,5H2,1H3,(H,19,20)(H2,14,16,21). The highest BCUT2D eigenvalue weighted by Crippen LogP contribution is 2.18. The number of urea groups is 1. The zero-order chi connectivity index (χ0) is 15.4. The summed E-state index contributed by atoms with van der Waals surface area (Å²) in [7, 11) is 1.76. The van der Waals surface area contributed by atoms with E-state index in [2.05, 4.69) is 20.8 Å². The lowest BCUT2D eigenvalue weighted by Gasteiger charge is -2.10. The molecule has 1 aromatic heterocycles. The largest absolute Gasteiger partial charge is 0.478 e. The van der Waals surface area contributed by atoms with Crippen molar-refractivity contribution >= 4 is 40.3 Å². The molecule has 0 aliphatic carbocycles. The van der Waals surface area contributed by atoms with Crippen molar-refractivity contribution in [2.75, 3.05) is 5.32 Å². The molecule has 0 radical (unpaired) electrons. The van der Waals surface area contributed by atoms with E-state index in [1.54, 1.807) is 23.7 Å². The van der Waals surface area contributed by atoms with Crippen molar-refractivity contribution in [2.45, 2.75) is 6.54 Å². The third-order valence-electron chi connectivity index (χ3n) is 2.67. The first-order valence-electron chi connectivity index (χ1n) is 5.88. The lowest BCUT2D eigenvalue weighted by atomic mass is 10.2. The SMILES string of the molecule is Cn1cnnc1CNC(=O)Nc1ccc(I)cc1C(=O)O. The van der Waals surface area contributed by atoms with E-state index in [0.29, 0.717) is 5.82 Å². The number of carbonyl (C=O) groups excluding carboxylic acids is 1. The van der Waals surface area contributed by atoms with Crippen molar-refractivity contribution in [1.29, 1.82) is 0 Å². The molecule has 0 unspecified atom stereocenters. The van der Waals surface area contributed by atoms with Crippen LogP contribution in [0, 0.1) is 3.57 Å². The van der Waals surface area contributed by atoms with Gasteiger partial charge in [0.15, 0.2) is 5.82 Å². The maximum absolute atomic E-state index is 11.8. The summed E-state index contributed by atoms with van der Waals surface area (Å²) in [6.45, 7) is 0.190. The van der Waals surface area contributed by atoms with Crippen LogP contribution in [0.25, 0.3) is 0 Å². The van der Waals surface area contributed by atoms with Crippen LogP contribution in [0.15, 0.2) is 24.5 Å². The summed E-state index contributed by atoms with van der Waals surface area (Å²) in [4.78, 5) is 23.0. The van der Waals surface area contributed by atoms with Crippen LogP contribution in [0.3, 0.4) is 0 Å². The molecule has 1 heterocycles. The number of rotatable bonds is 4. The number of halogens is 1. The van der Waals surface area contributed by atoms with E-state index in [1.807, 2.05) is 22.6 Å². The third-order valence-corrected chi connectivity index (χ3v) is 3.34. The molecule has 0 saturated carbocycles. The number of hydrogen-bond acceptors (Lipinski definition) is 4. The summed E-state index contributed by atoms with van der Waals surface area (Å²) in [6, 6.07) is 4.24. The average molecular weight is 401 g/mol. The van der Waals surface area contributed by atoms with Crippen LogP contribution in [0.2, 0.25) is 0 Å². The molecule has 1 aromatic carbocycles. The lowest BCUT2D eigenvalue weighted by molar-refractivity contribution is 0.0698. The number of aryl methyl sites for hydroxylation is 1. The predicted octanol–water partition coefficient (Wildman–Crippen LogP) is 1.44. The summed E-state index contributed by atoms with van der Waals surface area (Å²) < 4.78 is 2.45. The molecule has 0 bridgehead atoms. The predicted molar refractivity (Wildman–Crippen MR) is 83.0 cm³/mol. The molecule has 0 spiro atoms. The lowest BCUT2D eigenvalue weighted by Crippen LogP contribution is -2.29. The molecule has 110 valence electrons. The van der Waals surface area contributed by atoms with Crippen molar-refractivity contribution in [3.8, 4) is 0 Å². The third kappa shape index (κ3) is 3.90. The van der Waals surface area contributed by atoms with Gasteiger partial charge in [-0.2, -0.15) is 0 Å². The molecule has 21 heavy (non-hydrogen) atoms. The van der Waals surface area contributed by atoms with E-state index in [4.69, 9.17) is 5.11 Å². The number of carboxylic acid groups (broad SMARTS) is 1. The van der Waals surface area contributed by atoms with E-state index >= 15 is 0 Å². The number of hydrogen-bond donors (Lipinski definition) is 3. The van der Waals surface area contributed by atoms with Crippen LogP contribution in [0.1, 0.15) is 16.2 Å². The van der Waals surface area contributed by atoms with Crippen molar-refractivity contribution < 1.29 is 14.7 Å². The van der Waals surface area contributed by atoms with Gasteiger partial charge in [-0.15, -0.1) is 10.2 Å². The number of anilines is 1. The second kappa shape index (κ2) is 6.52. The van der Waals surface area contributed by atoms with Gasteiger partial charge in [0.05, 0.1) is 17.8 Å². The Kier molecular flexibility index (Phi) is 4.73. The van der Waals surface area contributed by atoms with Crippen LogP contribution in [0.5, 0.6) is 0 Å². The molecule has 0 fully saturated rings. The molecule has 2 amide bonds. The van der Waals surface area contributed by atoms with E-state index in [9.17, 15) is 9.59 Å². The maximum Gasteiger partial charge on any atom is 0.337 e. The Hall–Kier alpha value is -2.17. The molecule has 0 aliphatic rings. The van der Waals surface area contributed by atoms with Gasteiger partial charge >= 0.3 is 12.0 Å². The Balaban J connectivity index is 2.03. The minimum absolute atomic E-state index is 0.0377. The zero-order valence-corrected chi connectivity index (χ0v) is 13.2. The van der Waals surface area contributed by atoms with Crippen molar-refractivity contribution in [2.24, 2.45) is 7.05 Å². The summed E-state index contributed by atoms with van der Waals surface area (Å²) in [5.41, 5.74) is 0.272. The minimum Gasteiger partial charge on any atom is -0.478 e. The Morgan fingerprint density at radius 3 is 2.81 bits per heavy atom. The molecule has 0 aliphatic heterocycles. The zero-order valence-electron chi connectivity index (χ0n) is 11.0. The Bertz CT molecular complexity index is 685. The van der Waals surface area contributed by atoms with Gasteiger partial charge in [0, 0.05) is 10.6 Å². The number of nitrogens with one attached hydrogen (secondary N) is 2. The smallest absolute Gasteiger partial charge is 0.337 e. The maximum atomic E-state index is 11.8. The molecule has 9 heteroatoms. The molecule has 8 nitrogen and oxygen atoms in total. The number of aromatic carboxylic acids is 1. The highest BCUT2D eigenvalue weighted by atomic mass is 127. The van der Waals surface area contributed by atoms with Gasteiger partial charge < -0.3 is 20.3 Å². The summed E-state index contributed by atoms with van der Waals surface area (Å²) in [5, 5.41) is 21.7. The van der Waals surface area contributed by atoms with Gasteiger partial charge in [-0.25, -0.2) is 9.59 Å². The van der Waals surface area contributed by atoms with Gasteiger partial charge in [-0.05, 0) is 40.8 Å². The first-order chi connectivity index (χ1) is 9.97. The monoisotopic (exact) mass is 401 g/mol. The molecule has 2 aromatic rings. The summed E-state index contributed by atoms with van der Waals surface area (Å²) in [6.07, 6.45) is 1.52. The van der Waals surface area contributed by atoms with Gasteiger partial charge in [0.2, 0.25) is 0 Å². The number of carbonyl (C=O) groups is 2.